The molecule has 0 bridgehead atoms. The lowest BCUT2D eigenvalue weighted by molar-refractivity contribution is 0.273. The van der Waals surface area contributed by atoms with Gasteiger partial charge in [-0.05, 0) is 43.9 Å². The highest BCUT2D eigenvalue weighted by molar-refractivity contribution is 5.80. The van der Waals surface area contributed by atoms with Gasteiger partial charge in [0.15, 0.2) is 5.96 Å². The van der Waals surface area contributed by atoms with E-state index in [1.807, 2.05) is 35.1 Å². The largest absolute Gasteiger partial charge is 0.357 e. The van der Waals surface area contributed by atoms with Crippen LogP contribution in [0.15, 0.2) is 47.6 Å². The predicted octanol–water partition coefficient (Wildman–Crippen LogP) is 3.07. The molecule has 128 valence electrons. The molecule has 1 aromatic heterocycles. The first-order valence-electron chi connectivity index (χ1n) is 8.89. The Balaban J connectivity index is 1.67. The van der Waals surface area contributed by atoms with Crippen molar-refractivity contribution < 1.29 is 0 Å². The number of para-hydroxylation sites is 1. The van der Waals surface area contributed by atoms with Gasteiger partial charge in [-0.3, -0.25) is 0 Å². The molecule has 24 heavy (non-hydrogen) atoms. The smallest absolute Gasteiger partial charge is 0.194 e. The van der Waals surface area contributed by atoms with Crippen molar-refractivity contribution in [3.05, 3.63) is 48.3 Å². The third kappa shape index (κ3) is 4.16. The van der Waals surface area contributed by atoms with E-state index in [4.69, 9.17) is 4.99 Å². The number of piperidine rings is 1. The Hall–Kier alpha value is -2.30. The Morgan fingerprint density at radius 1 is 1.21 bits per heavy atom. The summed E-state index contributed by atoms with van der Waals surface area (Å²) in [5, 5.41) is 8.05. The first kappa shape index (κ1) is 16.6. The number of rotatable bonds is 4. The zero-order valence-corrected chi connectivity index (χ0v) is 14.7. The number of nitrogens with one attached hydrogen (secondary N) is 1. The van der Waals surface area contributed by atoms with Crippen molar-refractivity contribution in [2.45, 2.75) is 33.2 Å². The van der Waals surface area contributed by atoms with Gasteiger partial charge < -0.3 is 10.2 Å². The second-order valence-corrected chi connectivity index (χ2v) is 6.43. The molecule has 0 spiro atoms. The molecule has 0 atom stereocenters. The molecule has 2 aromatic rings. The summed E-state index contributed by atoms with van der Waals surface area (Å²) in [7, 11) is 0. The van der Waals surface area contributed by atoms with E-state index in [1.165, 1.54) is 12.8 Å². The highest BCUT2D eigenvalue weighted by atomic mass is 15.3. The summed E-state index contributed by atoms with van der Waals surface area (Å²) in [6.07, 6.45) is 4.48. The number of benzene rings is 1. The van der Waals surface area contributed by atoms with Crippen LogP contribution in [0, 0.1) is 5.92 Å². The van der Waals surface area contributed by atoms with Crippen LogP contribution in [0.25, 0.3) is 5.69 Å². The minimum Gasteiger partial charge on any atom is -0.357 e. The molecule has 2 heterocycles. The highest BCUT2D eigenvalue weighted by Gasteiger charge is 2.18. The molecule has 1 saturated heterocycles. The van der Waals surface area contributed by atoms with E-state index in [0.29, 0.717) is 6.54 Å². The van der Waals surface area contributed by atoms with Gasteiger partial charge in [-0.1, -0.05) is 25.1 Å². The van der Waals surface area contributed by atoms with Crippen LogP contribution < -0.4 is 5.32 Å². The third-order valence-electron chi connectivity index (χ3n) is 4.47. The molecule has 0 radical (unpaired) electrons. The monoisotopic (exact) mass is 325 g/mol. The molecule has 1 fully saturated rings. The Morgan fingerprint density at radius 3 is 2.67 bits per heavy atom. The fraction of sp³-hybridized carbons (Fsp3) is 0.474. The van der Waals surface area contributed by atoms with Gasteiger partial charge in [-0.2, -0.15) is 5.10 Å². The van der Waals surface area contributed by atoms with Crippen LogP contribution in [0.1, 0.15) is 32.4 Å². The molecule has 5 nitrogen and oxygen atoms in total. The maximum atomic E-state index is 4.80. The zero-order valence-electron chi connectivity index (χ0n) is 14.7. The van der Waals surface area contributed by atoms with Gasteiger partial charge in [0.05, 0.1) is 17.9 Å². The van der Waals surface area contributed by atoms with E-state index in [0.717, 1.165) is 42.9 Å². The fourth-order valence-electron chi connectivity index (χ4n) is 2.97. The summed E-state index contributed by atoms with van der Waals surface area (Å²) in [4.78, 5) is 7.17. The number of aromatic nitrogens is 2. The quantitative estimate of drug-likeness (QED) is 0.694. The number of likely N-dealkylation sites (tertiary alicyclic amines) is 1. The number of aliphatic imine (C=N–C) groups is 1. The van der Waals surface area contributed by atoms with Crippen molar-refractivity contribution in [2.24, 2.45) is 10.9 Å². The lowest BCUT2D eigenvalue weighted by atomic mass is 10.00. The minimum absolute atomic E-state index is 0.605. The number of guanidine groups is 1. The lowest BCUT2D eigenvalue weighted by Crippen LogP contribution is -2.45. The van der Waals surface area contributed by atoms with Crippen LogP contribution in [-0.4, -0.2) is 40.3 Å². The van der Waals surface area contributed by atoms with E-state index in [9.17, 15) is 0 Å². The molecule has 0 aliphatic carbocycles. The van der Waals surface area contributed by atoms with Crippen LogP contribution in [0.4, 0.5) is 0 Å². The van der Waals surface area contributed by atoms with Gasteiger partial charge >= 0.3 is 0 Å². The van der Waals surface area contributed by atoms with Crippen LogP contribution in [0.3, 0.4) is 0 Å². The molecule has 1 aliphatic rings. The first-order valence-corrected chi connectivity index (χ1v) is 8.89. The molecule has 1 aromatic carbocycles. The van der Waals surface area contributed by atoms with E-state index >= 15 is 0 Å². The van der Waals surface area contributed by atoms with Gasteiger partial charge in [-0.15, -0.1) is 0 Å². The van der Waals surface area contributed by atoms with Gasteiger partial charge in [0.1, 0.15) is 0 Å². The molecule has 1 N–H and O–H groups in total. The number of hydrogen-bond acceptors (Lipinski definition) is 2. The summed E-state index contributed by atoms with van der Waals surface area (Å²) in [6, 6.07) is 12.2. The van der Waals surface area contributed by atoms with Crippen LogP contribution >= 0.6 is 0 Å². The molecular weight excluding hydrogens is 298 g/mol. The van der Waals surface area contributed by atoms with Gasteiger partial charge in [-0.25, -0.2) is 9.67 Å². The second kappa shape index (κ2) is 7.99. The Morgan fingerprint density at radius 2 is 1.96 bits per heavy atom. The Bertz CT molecular complexity index is 653. The molecule has 0 unspecified atom stereocenters. The van der Waals surface area contributed by atoms with Crippen LogP contribution in [0.2, 0.25) is 0 Å². The third-order valence-corrected chi connectivity index (χ3v) is 4.47. The van der Waals surface area contributed by atoms with Crippen molar-refractivity contribution in [1.82, 2.24) is 20.0 Å². The number of hydrogen-bond donors (Lipinski definition) is 1. The summed E-state index contributed by atoms with van der Waals surface area (Å²) < 4.78 is 1.90. The van der Waals surface area contributed by atoms with Gasteiger partial charge in [0.2, 0.25) is 0 Å². The molecular formula is C19H27N5. The molecule has 0 amide bonds. The average molecular weight is 325 g/mol. The minimum atomic E-state index is 0.605. The summed E-state index contributed by atoms with van der Waals surface area (Å²) in [5.74, 6) is 1.84. The van der Waals surface area contributed by atoms with Crippen molar-refractivity contribution in [2.75, 3.05) is 19.6 Å². The summed E-state index contributed by atoms with van der Waals surface area (Å²) in [6.45, 7) is 8.12. The zero-order chi connectivity index (χ0) is 16.8. The topological polar surface area (TPSA) is 45.5 Å². The van der Waals surface area contributed by atoms with Crippen LogP contribution in [0.5, 0.6) is 0 Å². The maximum absolute atomic E-state index is 4.80. The summed E-state index contributed by atoms with van der Waals surface area (Å²) >= 11 is 0. The van der Waals surface area contributed by atoms with E-state index in [2.05, 4.69) is 41.3 Å². The molecule has 0 saturated carbocycles. The van der Waals surface area contributed by atoms with Gasteiger partial charge in [0, 0.05) is 25.8 Å². The molecule has 3 rings (SSSR count). The predicted molar refractivity (Wildman–Crippen MR) is 98.4 cm³/mol. The average Bonchev–Trinajstić information content (AvgIpc) is 3.09. The Labute approximate surface area is 144 Å². The second-order valence-electron chi connectivity index (χ2n) is 6.43. The normalized spacial score (nSPS) is 16.4. The van der Waals surface area contributed by atoms with E-state index < -0.39 is 0 Å². The van der Waals surface area contributed by atoms with E-state index in [-0.39, 0.29) is 0 Å². The van der Waals surface area contributed by atoms with Crippen molar-refractivity contribution in [1.29, 1.82) is 0 Å². The molecule has 5 heteroatoms. The SMILES string of the molecule is CCNC(=NCc1ccn(-c2ccccc2)n1)N1CCC(C)CC1. The van der Waals surface area contributed by atoms with Crippen molar-refractivity contribution in [3.8, 4) is 5.69 Å². The van der Waals surface area contributed by atoms with E-state index in [1.54, 1.807) is 0 Å². The maximum Gasteiger partial charge on any atom is 0.194 e. The Kier molecular flexibility index (Phi) is 5.51. The standard InChI is InChI=1S/C19H27N5/c1-3-20-19(23-12-9-16(2)10-13-23)21-15-17-11-14-24(22-17)18-7-5-4-6-8-18/h4-8,11,14,16H,3,9-10,12-13,15H2,1-2H3,(H,20,21). The summed E-state index contributed by atoms with van der Waals surface area (Å²) in [5.41, 5.74) is 2.06. The number of nitrogens with zero attached hydrogens (tertiary/aromatic N) is 4. The first-order chi connectivity index (χ1) is 11.8. The van der Waals surface area contributed by atoms with Crippen molar-refractivity contribution in [3.63, 3.8) is 0 Å². The van der Waals surface area contributed by atoms with Crippen molar-refractivity contribution >= 4 is 5.96 Å². The fourth-order valence-corrected chi connectivity index (χ4v) is 2.97. The van der Waals surface area contributed by atoms with Crippen LogP contribution in [-0.2, 0) is 6.54 Å². The highest BCUT2D eigenvalue weighted by Crippen LogP contribution is 2.16. The van der Waals surface area contributed by atoms with Gasteiger partial charge in [0.25, 0.3) is 0 Å². The lowest BCUT2D eigenvalue weighted by Gasteiger charge is -2.32. The molecule has 1 aliphatic heterocycles.